The molecule has 1 aromatic carbocycles. The summed E-state index contributed by atoms with van der Waals surface area (Å²) < 4.78 is 6.71. The maximum absolute atomic E-state index is 6.17. The number of anilines is 1. The van der Waals surface area contributed by atoms with E-state index in [4.69, 9.17) is 22.2 Å². The van der Waals surface area contributed by atoms with Crippen LogP contribution in [-0.2, 0) is 6.42 Å². The minimum Gasteiger partial charge on any atom is -0.437 e. The van der Waals surface area contributed by atoms with Gasteiger partial charge in [-0.2, -0.15) is 4.98 Å². The molecule has 112 valence electrons. The van der Waals surface area contributed by atoms with Gasteiger partial charge in [0, 0.05) is 10.9 Å². The van der Waals surface area contributed by atoms with Crippen LogP contribution in [0.25, 0.3) is 0 Å². The Bertz CT molecular complexity index is 651. The number of nitrogens with zero attached hydrogens (tertiary/aromatic N) is 2. The van der Waals surface area contributed by atoms with Gasteiger partial charge in [0.05, 0.1) is 10.6 Å². The van der Waals surface area contributed by atoms with E-state index in [-0.39, 0.29) is 0 Å². The fourth-order valence-corrected chi connectivity index (χ4v) is 2.49. The van der Waals surface area contributed by atoms with E-state index in [1.54, 1.807) is 12.1 Å². The predicted molar refractivity (Wildman–Crippen MR) is 87.8 cm³/mol. The molecule has 0 bridgehead atoms. The van der Waals surface area contributed by atoms with Gasteiger partial charge in [-0.15, -0.1) is 0 Å². The van der Waals surface area contributed by atoms with Crippen LogP contribution in [0.3, 0.4) is 0 Å². The molecule has 1 aromatic heterocycles. The Morgan fingerprint density at radius 3 is 2.76 bits per heavy atom. The molecule has 3 N–H and O–H groups in total. The number of hydrogen-bond donors (Lipinski definition) is 2. The van der Waals surface area contributed by atoms with Crippen molar-refractivity contribution >= 4 is 33.3 Å². The molecule has 21 heavy (non-hydrogen) atoms. The molecule has 0 saturated carbocycles. The Kier molecular flexibility index (Phi) is 5.39. The smallest absolute Gasteiger partial charge is 0.227 e. The average Bonchev–Trinajstić information content (AvgIpc) is 2.45. The highest BCUT2D eigenvalue weighted by Crippen LogP contribution is 2.33. The maximum atomic E-state index is 6.17. The molecule has 0 saturated heterocycles. The van der Waals surface area contributed by atoms with Crippen molar-refractivity contribution in [3.63, 3.8) is 0 Å². The summed E-state index contributed by atoms with van der Waals surface area (Å²) >= 11 is 9.53. The van der Waals surface area contributed by atoms with Crippen LogP contribution in [0.4, 0.5) is 5.82 Å². The van der Waals surface area contributed by atoms with E-state index in [1.807, 2.05) is 13.0 Å². The van der Waals surface area contributed by atoms with Crippen LogP contribution in [0.15, 0.2) is 22.7 Å². The molecule has 0 radical (unpaired) electrons. The van der Waals surface area contributed by atoms with Gasteiger partial charge in [0.15, 0.2) is 0 Å². The van der Waals surface area contributed by atoms with Crippen LogP contribution < -0.4 is 16.0 Å². The van der Waals surface area contributed by atoms with E-state index in [2.05, 4.69) is 38.2 Å². The van der Waals surface area contributed by atoms with Crippen LogP contribution in [0.1, 0.15) is 24.7 Å². The van der Waals surface area contributed by atoms with Crippen molar-refractivity contribution in [1.29, 1.82) is 0 Å². The van der Waals surface area contributed by atoms with Crippen molar-refractivity contribution in [3.05, 3.63) is 39.1 Å². The van der Waals surface area contributed by atoms with E-state index < -0.39 is 0 Å². The third kappa shape index (κ3) is 3.84. The highest BCUT2D eigenvalue weighted by Gasteiger charge is 2.13. The number of nitrogens with two attached hydrogens (primary N) is 1. The topological polar surface area (TPSA) is 73.1 Å². The second-order valence-electron chi connectivity index (χ2n) is 4.49. The number of aryl methyl sites for hydroxylation is 1. The Morgan fingerprint density at radius 1 is 1.38 bits per heavy atom. The number of ether oxygens (including phenoxy) is 1. The molecular formula is C14H16BrClN4O. The van der Waals surface area contributed by atoms with Crippen LogP contribution in [0, 0.1) is 6.92 Å². The number of nitrogen functional groups attached to an aromatic ring is 1. The molecule has 7 heteroatoms. The first-order valence-electron chi connectivity index (χ1n) is 6.52. The molecule has 0 fully saturated rings. The summed E-state index contributed by atoms with van der Waals surface area (Å²) in [7, 11) is 0. The Morgan fingerprint density at radius 2 is 2.14 bits per heavy atom. The zero-order chi connectivity index (χ0) is 15.4. The van der Waals surface area contributed by atoms with Crippen molar-refractivity contribution in [3.8, 4) is 11.6 Å². The number of benzene rings is 1. The monoisotopic (exact) mass is 370 g/mol. The average molecular weight is 372 g/mol. The van der Waals surface area contributed by atoms with Gasteiger partial charge >= 0.3 is 0 Å². The molecule has 5 nitrogen and oxygen atoms in total. The Labute approximate surface area is 137 Å². The quantitative estimate of drug-likeness (QED) is 0.608. The van der Waals surface area contributed by atoms with Crippen molar-refractivity contribution < 1.29 is 4.74 Å². The SMILES string of the molecule is CCCc1nc(NN)c(C)c(Oc2ccc(Br)cc2Cl)n1. The number of aromatic nitrogens is 2. The largest absolute Gasteiger partial charge is 0.437 e. The summed E-state index contributed by atoms with van der Waals surface area (Å²) in [5.74, 6) is 7.72. The summed E-state index contributed by atoms with van der Waals surface area (Å²) in [4.78, 5) is 8.78. The van der Waals surface area contributed by atoms with Crippen molar-refractivity contribution in [2.24, 2.45) is 5.84 Å². The number of nitrogens with one attached hydrogen (secondary N) is 1. The van der Waals surface area contributed by atoms with E-state index in [0.717, 1.165) is 22.9 Å². The third-order valence-electron chi connectivity index (χ3n) is 2.86. The summed E-state index contributed by atoms with van der Waals surface area (Å²) in [6.45, 7) is 3.90. The van der Waals surface area contributed by atoms with Gasteiger partial charge in [0.25, 0.3) is 0 Å². The Balaban J connectivity index is 2.40. The molecular weight excluding hydrogens is 356 g/mol. The van der Waals surface area contributed by atoms with Gasteiger partial charge in [-0.05, 0) is 31.5 Å². The zero-order valence-electron chi connectivity index (χ0n) is 11.8. The zero-order valence-corrected chi connectivity index (χ0v) is 14.1. The van der Waals surface area contributed by atoms with E-state index >= 15 is 0 Å². The van der Waals surface area contributed by atoms with Crippen LogP contribution in [0.5, 0.6) is 11.6 Å². The molecule has 0 unspecified atom stereocenters. The standard InChI is InChI=1S/C14H16BrClN4O/c1-3-4-12-18-13(20-17)8(2)14(19-12)21-11-6-5-9(15)7-10(11)16/h5-7H,3-4,17H2,1-2H3,(H,18,19,20). The highest BCUT2D eigenvalue weighted by atomic mass is 79.9. The van der Waals surface area contributed by atoms with Gasteiger partial charge in [-0.25, -0.2) is 10.8 Å². The van der Waals surface area contributed by atoms with E-state index in [1.165, 1.54) is 0 Å². The number of hydrogen-bond acceptors (Lipinski definition) is 5. The lowest BCUT2D eigenvalue weighted by Gasteiger charge is -2.13. The third-order valence-corrected chi connectivity index (χ3v) is 3.65. The minimum absolute atomic E-state index is 0.450. The normalized spacial score (nSPS) is 10.5. The summed E-state index contributed by atoms with van der Waals surface area (Å²) in [5.41, 5.74) is 3.31. The molecule has 2 aromatic rings. The molecule has 0 aliphatic rings. The first-order valence-corrected chi connectivity index (χ1v) is 7.69. The molecule has 0 amide bonds. The summed E-state index contributed by atoms with van der Waals surface area (Å²) in [6.07, 6.45) is 1.69. The van der Waals surface area contributed by atoms with Crippen LogP contribution in [0.2, 0.25) is 5.02 Å². The number of hydrazine groups is 1. The summed E-state index contributed by atoms with van der Waals surface area (Å²) in [5, 5.41) is 0.502. The molecule has 1 heterocycles. The maximum Gasteiger partial charge on any atom is 0.227 e. The first kappa shape index (κ1) is 16.0. The van der Waals surface area contributed by atoms with Gasteiger partial charge in [-0.1, -0.05) is 34.5 Å². The molecule has 2 rings (SSSR count). The van der Waals surface area contributed by atoms with Gasteiger partial charge in [0.2, 0.25) is 5.88 Å². The lowest BCUT2D eigenvalue weighted by molar-refractivity contribution is 0.454. The predicted octanol–water partition coefficient (Wildman–Crippen LogP) is 4.23. The molecule has 0 aliphatic heterocycles. The van der Waals surface area contributed by atoms with Crippen molar-refractivity contribution in [2.75, 3.05) is 5.43 Å². The van der Waals surface area contributed by atoms with E-state index in [0.29, 0.717) is 28.3 Å². The van der Waals surface area contributed by atoms with Gasteiger partial charge < -0.3 is 10.2 Å². The fourth-order valence-electron chi connectivity index (χ4n) is 1.78. The van der Waals surface area contributed by atoms with Crippen molar-refractivity contribution in [2.45, 2.75) is 26.7 Å². The fraction of sp³-hybridized carbons (Fsp3) is 0.286. The molecule has 0 atom stereocenters. The second kappa shape index (κ2) is 7.06. The second-order valence-corrected chi connectivity index (χ2v) is 5.81. The van der Waals surface area contributed by atoms with E-state index in [9.17, 15) is 0 Å². The first-order chi connectivity index (χ1) is 10.0. The van der Waals surface area contributed by atoms with Crippen molar-refractivity contribution in [1.82, 2.24) is 9.97 Å². The highest BCUT2D eigenvalue weighted by molar-refractivity contribution is 9.10. The molecule has 0 spiro atoms. The number of rotatable bonds is 5. The lowest BCUT2D eigenvalue weighted by Crippen LogP contribution is -2.13. The van der Waals surface area contributed by atoms with Crippen LogP contribution in [-0.4, -0.2) is 9.97 Å². The number of halogens is 2. The van der Waals surface area contributed by atoms with Gasteiger partial charge in [0.1, 0.15) is 17.4 Å². The minimum atomic E-state index is 0.450. The lowest BCUT2D eigenvalue weighted by atomic mass is 10.3. The molecule has 0 aliphatic carbocycles. The summed E-state index contributed by atoms with van der Waals surface area (Å²) in [6, 6.07) is 5.40. The van der Waals surface area contributed by atoms with Crippen LogP contribution >= 0.6 is 27.5 Å². The van der Waals surface area contributed by atoms with Gasteiger partial charge in [-0.3, -0.25) is 0 Å². The Hall–Kier alpha value is -1.37.